The van der Waals surface area contributed by atoms with Gasteiger partial charge in [0.2, 0.25) is 0 Å². The number of aliphatic carboxylic acids is 1. The first-order chi connectivity index (χ1) is 7.38. The number of nitrogens with one attached hydrogen (secondary N) is 1. The highest BCUT2D eigenvalue weighted by atomic mass is 16.4. The number of amides is 2. The maximum Gasteiger partial charge on any atom is 0.326 e. The minimum Gasteiger partial charge on any atom is -0.480 e. The van der Waals surface area contributed by atoms with Gasteiger partial charge in [0.25, 0.3) is 0 Å². The lowest BCUT2D eigenvalue weighted by molar-refractivity contribution is -0.139. The Morgan fingerprint density at radius 3 is 2.50 bits per heavy atom. The highest BCUT2D eigenvalue weighted by Gasteiger charge is 2.36. The predicted molar refractivity (Wildman–Crippen MR) is 60.3 cm³/mol. The first kappa shape index (κ1) is 12.8. The second-order valence-electron chi connectivity index (χ2n) is 4.82. The van der Waals surface area contributed by atoms with Crippen LogP contribution >= 0.6 is 0 Å². The van der Waals surface area contributed by atoms with Crippen molar-refractivity contribution in [2.45, 2.75) is 51.6 Å². The standard InChI is InChI=1S/C11H20N2O3/c1-4-8(9(14)15)12-10(16)13-7-5-6-11(13,2)3/h8H,4-7H2,1-3H3,(H,12,16)(H,14,15)/t8-/m0/s1. The van der Waals surface area contributed by atoms with Gasteiger partial charge in [-0.05, 0) is 33.1 Å². The van der Waals surface area contributed by atoms with E-state index in [1.807, 2.05) is 13.8 Å². The zero-order valence-corrected chi connectivity index (χ0v) is 10.1. The van der Waals surface area contributed by atoms with Crippen molar-refractivity contribution in [3.63, 3.8) is 0 Å². The smallest absolute Gasteiger partial charge is 0.326 e. The molecule has 0 bridgehead atoms. The average molecular weight is 228 g/mol. The summed E-state index contributed by atoms with van der Waals surface area (Å²) in [7, 11) is 0. The van der Waals surface area contributed by atoms with Crippen molar-refractivity contribution in [2.75, 3.05) is 6.54 Å². The predicted octanol–water partition coefficient (Wildman–Crippen LogP) is 1.43. The first-order valence-electron chi connectivity index (χ1n) is 5.69. The molecule has 1 saturated heterocycles. The number of nitrogens with zero attached hydrogens (tertiary/aromatic N) is 1. The first-order valence-corrected chi connectivity index (χ1v) is 5.69. The van der Waals surface area contributed by atoms with Gasteiger partial charge in [-0.3, -0.25) is 0 Å². The number of rotatable bonds is 3. The van der Waals surface area contributed by atoms with Gasteiger partial charge < -0.3 is 15.3 Å². The molecule has 1 rings (SSSR count). The number of carboxylic acids is 1. The van der Waals surface area contributed by atoms with Crippen LogP contribution in [0, 0.1) is 0 Å². The Morgan fingerprint density at radius 2 is 2.12 bits per heavy atom. The fraction of sp³-hybridized carbons (Fsp3) is 0.818. The van der Waals surface area contributed by atoms with Crippen LogP contribution in [0.2, 0.25) is 0 Å². The van der Waals surface area contributed by atoms with Gasteiger partial charge in [0.05, 0.1) is 0 Å². The highest BCUT2D eigenvalue weighted by molar-refractivity contribution is 5.83. The molecule has 0 aliphatic carbocycles. The molecular formula is C11H20N2O3. The van der Waals surface area contributed by atoms with Gasteiger partial charge in [-0.15, -0.1) is 0 Å². The number of urea groups is 1. The van der Waals surface area contributed by atoms with E-state index in [4.69, 9.17) is 5.11 Å². The molecule has 1 aliphatic heterocycles. The minimum absolute atomic E-state index is 0.166. The van der Waals surface area contributed by atoms with E-state index < -0.39 is 12.0 Å². The van der Waals surface area contributed by atoms with Crippen LogP contribution in [0.3, 0.4) is 0 Å². The maximum atomic E-state index is 11.9. The molecule has 0 aromatic carbocycles. The lowest BCUT2D eigenvalue weighted by Gasteiger charge is -2.32. The van der Waals surface area contributed by atoms with Crippen LogP contribution in [-0.2, 0) is 4.79 Å². The van der Waals surface area contributed by atoms with Crippen LogP contribution in [0.25, 0.3) is 0 Å². The van der Waals surface area contributed by atoms with E-state index in [9.17, 15) is 9.59 Å². The number of hydrogen-bond donors (Lipinski definition) is 2. The van der Waals surface area contributed by atoms with Crippen molar-refractivity contribution < 1.29 is 14.7 Å². The summed E-state index contributed by atoms with van der Waals surface area (Å²) < 4.78 is 0. The summed E-state index contributed by atoms with van der Waals surface area (Å²) in [6.45, 7) is 6.45. The Morgan fingerprint density at radius 1 is 1.50 bits per heavy atom. The molecule has 5 nitrogen and oxygen atoms in total. The normalized spacial score (nSPS) is 20.6. The van der Waals surface area contributed by atoms with Crippen LogP contribution in [0.4, 0.5) is 4.79 Å². The Hall–Kier alpha value is -1.26. The Bertz CT molecular complexity index is 289. The number of carbonyl (C=O) groups is 2. The molecule has 2 amide bonds. The number of carbonyl (C=O) groups excluding carboxylic acids is 1. The number of carboxylic acid groups (broad SMARTS) is 1. The summed E-state index contributed by atoms with van der Waals surface area (Å²) in [5.74, 6) is -0.979. The molecule has 92 valence electrons. The van der Waals surface area contributed by atoms with E-state index in [2.05, 4.69) is 5.32 Å². The second kappa shape index (κ2) is 4.72. The number of hydrogen-bond acceptors (Lipinski definition) is 2. The average Bonchev–Trinajstić information content (AvgIpc) is 2.53. The van der Waals surface area contributed by atoms with Crippen molar-refractivity contribution in [1.29, 1.82) is 0 Å². The van der Waals surface area contributed by atoms with Gasteiger partial charge in [-0.1, -0.05) is 6.92 Å². The molecule has 1 atom stereocenters. The molecule has 1 heterocycles. The van der Waals surface area contributed by atoms with Gasteiger partial charge in [-0.2, -0.15) is 0 Å². The SMILES string of the molecule is CC[C@H](NC(=O)N1CCCC1(C)C)C(=O)O. The largest absolute Gasteiger partial charge is 0.480 e. The highest BCUT2D eigenvalue weighted by Crippen LogP contribution is 2.27. The third-order valence-electron chi connectivity index (χ3n) is 3.15. The molecule has 2 N–H and O–H groups in total. The van der Waals surface area contributed by atoms with Crippen LogP contribution in [0.15, 0.2) is 0 Å². The lowest BCUT2D eigenvalue weighted by atomic mass is 10.0. The maximum absolute atomic E-state index is 11.9. The summed E-state index contributed by atoms with van der Waals surface area (Å²) in [6.07, 6.45) is 2.34. The zero-order chi connectivity index (χ0) is 12.3. The molecule has 16 heavy (non-hydrogen) atoms. The van der Waals surface area contributed by atoms with E-state index in [0.29, 0.717) is 13.0 Å². The van der Waals surface area contributed by atoms with Crippen LogP contribution in [0.1, 0.15) is 40.0 Å². The Kier molecular flexibility index (Phi) is 3.78. The molecular weight excluding hydrogens is 208 g/mol. The van der Waals surface area contributed by atoms with Crippen molar-refractivity contribution in [1.82, 2.24) is 10.2 Å². The van der Waals surface area contributed by atoms with Crippen LogP contribution in [-0.4, -0.2) is 40.1 Å². The molecule has 0 spiro atoms. The van der Waals surface area contributed by atoms with E-state index >= 15 is 0 Å². The third-order valence-corrected chi connectivity index (χ3v) is 3.15. The fourth-order valence-corrected chi connectivity index (χ4v) is 2.05. The quantitative estimate of drug-likeness (QED) is 0.767. The third kappa shape index (κ3) is 2.65. The van der Waals surface area contributed by atoms with E-state index in [-0.39, 0.29) is 11.6 Å². The van der Waals surface area contributed by atoms with E-state index in [1.165, 1.54) is 0 Å². The minimum atomic E-state index is -0.979. The van der Waals surface area contributed by atoms with E-state index in [1.54, 1.807) is 11.8 Å². The summed E-state index contributed by atoms with van der Waals surface area (Å²) in [5, 5.41) is 11.4. The monoisotopic (exact) mass is 228 g/mol. The molecule has 0 saturated carbocycles. The fourth-order valence-electron chi connectivity index (χ4n) is 2.05. The van der Waals surface area contributed by atoms with Crippen LogP contribution < -0.4 is 5.32 Å². The summed E-state index contributed by atoms with van der Waals surface area (Å²) in [6, 6.07) is -1.05. The zero-order valence-electron chi connectivity index (χ0n) is 10.1. The van der Waals surface area contributed by atoms with Gasteiger partial charge in [-0.25, -0.2) is 9.59 Å². The van der Waals surface area contributed by atoms with Crippen molar-refractivity contribution in [3.05, 3.63) is 0 Å². The number of likely N-dealkylation sites (tertiary alicyclic amines) is 1. The van der Waals surface area contributed by atoms with Gasteiger partial charge in [0, 0.05) is 12.1 Å². The van der Waals surface area contributed by atoms with Crippen LogP contribution in [0.5, 0.6) is 0 Å². The molecule has 1 aliphatic rings. The Labute approximate surface area is 95.8 Å². The van der Waals surface area contributed by atoms with Crippen molar-refractivity contribution >= 4 is 12.0 Å². The topological polar surface area (TPSA) is 69.6 Å². The molecule has 0 aromatic heterocycles. The summed E-state index contributed by atoms with van der Waals surface area (Å²) in [5.41, 5.74) is -0.166. The van der Waals surface area contributed by atoms with Gasteiger partial charge in [0.15, 0.2) is 0 Å². The van der Waals surface area contributed by atoms with E-state index in [0.717, 1.165) is 12.8 Å². The molecule has 0 radical (unpaired) electrons. The molecule has 1 fully saturated rings. The summed E-state index contributed by atoms with van der Waals surface area (Å²) >= 11 is 0. The van der Waals surface area contributed by atoms with Crippen molar-refractivity contribution in [3.8, 4) is 0 Å². The van der Waals surface area contributed by atoms with Gasteiger partial charge >= 0.3 is 12.0 Å². The Balaban J connectivity index is 2.61. The summed E-state index contributed by atoms with van der Waals surface area (Å²) in [4.78, 5) is 24.4. The molecule has 0 aromatic rings. The second-order valence-corrected chi connectivity index (χ2v) is 4.82. The molecule has 0 unspecified atom stereocenters. The lowest BCUT2D eigenvalue weighted by Crippen LogP contribution is -2.52. The van der Waals surface area contributed by atoms with Gasteiger partial charge in [0.1, 0.15) is 6.04 Å². The van der Waals surface area contributed by atoms with Crippen molar-refractivity contribution in [2.24, 2.45) is 0 Å². The molecule has 5 heteroatoms.